The summed E-state index contributed by atoms with van der Waals surface area (Å²) in [6, 6.07) is 6.52. The quantitative estimate of drug-likeness (QED) is 0.904. The summed E-state index contributed by atoms with van der Waals surface area (Å²) in [4.78, 5) is 26.6. The van der Waals surface area contributed by atoms with Crippen molar-refractivity contribution in [2.24, 2.45) is 5.73 Å². The Balaban J connectivity index is 2.13. The van der Waals surface area contributed by atoms with Gasteiger partial charge >= 0.3 is 0 Å². The standard InChI is InChI=1S/C11H8ClN3O2S/c12-7-3-1-2-6(4-7)10(17)15-11-14-8(5-18-11)9(13)16/h1-5H,(H2,13,16)(H,14,15,17). The third kappa shape index (κ3) is 2.85. The monoisotopic (exact) mass is 281 g/mol. The van der Waals surface area contributed by atoms with Gasteiger partial charge in [-0.2, -0.15) is 0 Å². The second-order valence-electron chi connectivity index (χ2n) is 3.37. The summed E-state index contributed by atoms with van der Waals surface area (Å²) in [5.74, 6) is -0.975. The summed E-state index contributed by atoms with van der Waals surface area (Å²) in [6.45, 7) is 0. The number of amides is 2. The first-order valence-corrected chi connectivity index (χ1v) is 6.14. The highest BCUT2D eigenvalue weighted by atomic mass is 35.5. The van der Waals surface area contributed by atoms with Crippen LogP contribution in [-0.4, -0.2) is 16.8 Å². The van der Waals surface area contributed by atoms with Gasteiger partial charge in [0.25, 0.3) is 11.8 Å². The molecule has 7 heteroatoms. The maximum absolute atomic E-state index is 11.8. The molecule has 0 aliphatic carbocycles. The molecule has 2 aromatic rings. The highest BCUT2D eigenvalue weighted by molar-refractivity contribution is 7.14. The number of hydrogen-bond acceptors (Lipinski definition) is 4. The Morgan fingerprint density at radius 2 is 2.17 bits per heavy atom. The van der Waals surface area contributed by atoms with Crippen LogP contribution in [0.15, 0.2) is 29.6 Å². The average molecular weight is 282 g/mol. The lowest BCUT2D eigenvalue weighted by atomic mass is 10.2. The van der Waals surface area contributed by atoms with Crippen molar-refractivity contribution >= 4 is 39.9 Å². The highest BCUT2D eigenvalue weighted by Crippen LogP contribution is 2.17. The molecular weight excluding hydrogens is 274 g/mol. The molecule has 2 rings (SSSR count). The number of nitrogens with one attached hydrogen (secondary N) is 1. The van der Waals surface area contributed by atoms with Gasteiger partial charge in [0.1, 0.15) is 5.69 Å². The Labute approximate surface area is 112 Å². The SMILES string of the molecule is NC(=O)c1csc(NC(=O)c2cccc(Cl)c2)n1. The third-order valence-electron chi connectivity index (χ3n) is 2.06. The normalized spacial score (nSPS) is 10.1. The first kappa shape index (κ1) is 12.5. The van der Waals surface area contributed by atoms with Crippen LogP contribution in [-0.2, 0) is 0 Å². The molecule has 3 N–H and O–H groups in total. The van der Waals surface area contributed by atoms with E-state index >= 15 is 0 Å². The Morgan fingerprint density at radius 3 is 2.78 bits per heavy atom. The molecule has 0 spiro atoms. The fourth-order valence-corrected chi connectivity index (χ4v) is 2.13. The van der Waals surface area contributed by atoms with Gasteiger partial charge in [-0.3, -0.25) is 14.9 Å². The molecule has 0 aliphatic rings. The van der Waals surface area contributed by atoms with E-state index in [0.717, 1.165) is 11.3 Å². The number of carbonyl (C=O) groups excluding carboxylic acids is 2. The first-order chi connectivity index (χ1) is 8.56. The lowest BCUT2D eigenvalue weighted by Crippen LogP contribution is -2.14. The van der Waals surface area contributed by atoms with E-state index in [9.17, 15) is 9.59 Å². The topological polar surface area (TPSA) is 85.1 Å². The second kappa shape index (κ2) is 5.16. The summed E-state index contributed by atoms with van der Waals surface area (Å²) >= 11 is 6.91. The number of benzene rings is 1. The molecule has 0 saturated carbocycles. The fraction of sp³-hybridized carbons (Fsp3) is 0. The van der Waals surface area contributed by atoms with Gasteiger partial charge in [-0.25, -0.2) is 4.98 Å². The minimum Gasteiger partial charge on any atom is -0.364 e. The van der Waals surface area contributed by atoms with Crippen LogP contribution < -0.4 is 11.1 Å². The lowest BCUT2D eigenvalue weighted by molar-refractivity contribution is 0.0992. The molecule has 0 atom stereocenters. The lowest BCUT2D eigenvalue weighted by Gasteiger charge is -2.01. The molecule has 0 bridgehead atoms. The largest absolute Gasteiger partial charge is 0.364 e. The Bertz CT molecular complexity index is 612. The van der Waals surface area contributed by atoms with E-state index < -0.39 is 5.91 Å². The van der Waals surface area contributed by atoms with Crippen LogP contribution in [0, 0.1) is 0 Å². The highest BCUT2D eigenvalue weighted by Gasteiger charge is 2.11. The summed E-state index contributed by atoms with van der Waals surface area (Å²) < 4.78 is 0. The first-order valence-electron chi connectivity index (χ1n) is 4.88. The van der Waals surface area contributed by atoms with Gasteiger partial charge in [-0.15, -0.1) is 11.3 Å². The van der Waals surface area contributed by atoms with Gasteiger partial charge < -0.3 is 5.73 Å². The van der Waals surface area contributed by atoms with Crippen LogP contribution in [0.3, 0.4) is 0 Å². The van der Waals surface area contributed by atoms with Crippen molar-refractivity contribution in [3.05, 3.63) is 45.9 Å². The number of carbonyl (C=O) groups is 2. The second-order valence-corrected chi connectivity index (χ2v) is 4.66. The zero-order valence-corrected chi connectivity index (χ0v) is 10.6. The molecule has 0 saturated heterocycles. The molecule has 2 amide bonds. The minimum atomic E-state index is -0.630. The van der Waals surface area contributed by atoms with E-state index in [1.807, 2.05) is 0 Å². The van der Waals surface area contributed by atoms with E-state index in [-0.39, 0.29) is 11.6 Å². The average Bonchev–Trinajstić information content (AvgIpc) is 2.77. The van der Waals surface area contributed by atoms with Crippen molar-refractivity contribution in [3.8, 4) is 0 Å². The van der Waals surface area contributed by atoms with Crippen LogP contribution in [0.4, 0.5) is 5.13 Å². The number of rotatable bonds is 3. The summed E-state index contributed by atoms with van der Waals surface area (Å²) in [6.07, 6.45) is 0. The molecule has 1 heterocycles. The van der Waals surface area contributed by atoms with Gasteiger partial charge in [0.05, 0.1) is 0 Å². The van der Waals surface area contributed by atoms with Crippen molar-refractivity contribution in [2.45, 2.75) is 0 Å². The molecular formula is C11H8ClN3O2S. The maximum Gasteiger partial charge on any atom is 0.268 e. The number of aromatic nitrogens is 1. The minimum absolute atomic E-state index is 0.126. The summed E-state index contributed by atoms with van der Waals surface area (Å²) in [5, 5.41) is 4.83. The summed E-state index contributed by atoms with van der Waals surface area (Å²) in [5.41, 5.74) is 5.61. The number of primary amides is 1. The summed E-state index contributed by atoms with van der Waals surface area (Å²) in [7, 11) is 0. The fourth-order valence-electron chi connectivity index (χ4n) is 1.24. The molecule has 0 radical (unpaired) electrons. The van der Waals surface area contributed by atoms with Gasteiger partial charge in [0.2, 0.25) is 0 Å². The number of nitrogens with two attached hydrogens (primary N) is 1. The molecule has 5 nitrogen and oxygen atoms in total. The van der Waals surface area contributed by atoms with Crippen LogP contribution in [0.25, 0.3) is 0 Å². The number of thiazole rings is 1. The van der Waals surface area contributed by atoms with E-state index in [2.05, 4.69) is 10.3 Å². The smallest absolute Gasteiger partial charge is 0.268 e. The van der Waals surface area contributed by atoms with E-state index in [0.29, 0.717) is 15.7 Å². The number of hydrogen-bond donors (Lipinski definition) is 2. The van der Waals surface area contributed by atoms with Crippen LogP contribution >= 0.6 is 22.9 Å². The van der Waals surface area contributed by atoms with E-state index in [1.54, 1.807) is 24.3 Å². The van der Waals surface area contributed by atoms with Crippen molar-refractivity contribution < 1.29 is 9.59 Å². The zero-order valence-electron chi connectivity index (χ0n) is 9.01. The molecule has 0 unspecified atom stereocenters. The number of anilines is 1. The van der Waals surface area contributed by atoms with Crippen molar-refractivity contribution in [1.82, 2.24) is 4.98 Å². The van der Waals surface area contributed by atoms with Gasteiger partial charge in [-0.05, 0) is 18.2 Å². The molecule has 18 heavy (non-hydrogen) atoms. The Morgan fingerprint density at radius 1 is 1.39 bits per heavy atom. The molecule has 0 fully saturated rings. The predicted molar refractivity (Wildman–Crippen MR) is 70.0 cm³/mol. The van der Waals surface area contributed by atoms with Crippen LogP contribution in [0.5, 0.6) is 0 Å². The Kier molecular flexibility index (Phi) is 3.59. The third-order valence-corrected chi connectivity index (χ3v) is 3.06. The van der Waals surface area contributed by atoms with Crippen molar-refractivity contribution in [1.29, 1.82) is 0 Å². The van der Waals surface area contributed by atoms with Gasteiger partial charge in [0, 0.05) is 16.0 Å². The van der Waals surface area contributed by atoms with Crippen LogP contribution in [0.2, 0.25) is 5.02 Å². The molecule has 1 aromatic carbocycles. The number of nitrogens with zero attached hydrogens (tertiary/aromatic N) is 1. The number of halogens is 1. The molecule has 1 aromatic heterocycles. The Hall–Kier alpha value is -1.92. The van der Waals surface area contributed by atoms with Crippen molar-refractivity contribution in [2.75, 3.05) is 5.32 Å². The van der Waals surface area contributed by atoms with E-state index in [1.165, 1.54) is 5.38 Å². The van der Waals surface area contributed by atoms with Gasteiger partial charge in [0.15, 0.2) is 5.13 Å². The van der Waals surface area contributed by atoms with Gasteiger partial charge in [-0.1, -0.05) is 17.7 Å². The predicted octanol–water partition coefficient (Wildman–Crippen LogP) is 2.15. The van der Waals surface area contributed by atoms with Crippen LogP contribution in [0.1, 0.15) is 20.8 Å². The van der Waals surface area contributed by atoms with E-state index in [4.69, 9.17) is 17.3 Å². The maximum atomic E-state index is 11.8. The molecule has 92 valence electrons. The molecule has 0 aliphatic heterocycles. The van der Waals surface area contributed by atoms with Crippen molar-refractivity contribution in [3.63, 3.8) is 0 Å². The zero-order chi connectivity index (χ0) is 13.1.